The quantitative estimate of drug-likeness (QED) is 0.189. The third-order valence-electron chi connectivity index (χ3n) is 6.52. The number of rotatable bonds is 10. The number of halogens is 1. The second-order valence-corrected chi connectivity index (χ2v) is 10.6. The van der Waals surface area contributed by atoms with Gasteiger partial charge in [-0.1, -0.05) is 18.5 Å². The summed E-state index contributed by atoms with van der Waals surface area (Å²) in [6.07, 6.45) is -6.58. The van der Waals surface area contributed by atoms with E-state index in [9.17, 15) is 28.8 Å². The Bertz CT molecular complexity index is 1690. The van der Waals surface area contributed by atoms with E-state index in [1.807, 2.05) is 6.92 Å². The van der Waals surface area contributed by atoms with E-state index >= 15 is 0 Å². The number of hydrogen-bond donors (Lipinski definition) is 1. The average Bonchev–Trinajstić information content (AvgIpc) is 2.96. The van der Waals surface area contributed by atoms with Gasteiger partial charge < -0.3 is 38.2 Å². The Morgan fingerprint density at radius 1 is 0.913 bits per heavy atom. The summed E-state index contributed by atoms with van der Waals surface area (Å²) in [6.45, 7) is 6.15. The number of esters is 4. The molecule has 3 aliphatic rings. The van der Waals surface area contributed by atoms with Crippen molar-refractivity contribution in [3.63, 3.8) is 0 Å². The van der Waals surface area contributed by atoms with Crippen LogP contribution in [-0.4, -0.2) is 78.6 Å². The molecular formula is C30H31ClN2O13. The Hall–Kier alpha value is -4.76. The molecule has 1 aromatic rings. The van der Waals surface area contributed by atoms with Gasteiger partial charge in [0.15, 0.2) is 29.0 Å². The molecule has 15 nitrogen and oxygen atoms in total. The first-order chi connectivity index (χ1) is 21.8. The Balaban J connectivity index is 1.80. The standard InChI is InChI=1S/C30H31ClN2O13/c1-6-9-32-29(39)24-20(38)8-7-18-25(24)44-22-11-21(17(31)10-19(22)33-18)45-30-28(43-16(5)37)27(42-15(4)36)26(41-14(3)35)23(46-30)12-40-13(2)34/h7-8,10-11,23,26-28,30H,6,9,12H2,1-5H3,(H,32,39). The average molecular weight is 663 g/mol. The molecule has 0 saturated carbocycles. The van der Waals surface area contributed by atoms with Gasteiger partial charge in [0, 0.05) is 40.3 Å². The van der Waals surface area contributed by atoms with E-state index in [0.29, 0.717) is 13.0 Å². The molecule has 1 amide bonds. The van der Waals surface area contributed by atoms with Crippen molar-refractivity contribution in [3.8, 4) is 17.2 Å². The van der Waals surface area contributed by atoms with Gasteiger partial charge in [-0.25, -0.2) is 4.98 Å². The lowest BCUT2D eigenvalue weighted by atomic mass is 9.98. The summed E-state index contributed by atoms with van der Waals surface area (Å²) in [5, 5.41) is 2.64. The molecule has 5 atom stereocenters. The van der Waals surface area contributed by atoms with E-state index in [4.69, 9.17) is 44.4 Å². The van der Waals surface area contributed by atoms with Crippen molar-refractivity contribution in [1.29, 1.82) is 0 Å². The SMILES string of the molecule is CCCNC(=O)c1c2oc3cc(OC4OC(COC(C)=O)C(OC(C)=O)C(OC(C)=O)C4OC(C)=O)c(Cl)cc3nc-2ccc1=O. The van der Waals surface area contributed by atoms with Crippen molar-refractivity contribution in [3.05, 3.63) is 45.1 Å². The van der Waals surface area contributed by atoms with Crippen LogP contribution in [0.15, 0.2) is 33.5 Å². The third kappa shape index (κ3) is 7.90. The molecule has 2 heterocycles. The number of amides is 1. The number of benzene rings is 2. The fourth-order valence-electron chi connectivity index (χ4n) is 4.72. The van der Waals surface area contributed by atoms with E-state index in [1.165, 1.54) is 24.3 Å². The lowest BCUT2D eigenvalue weighted by molar-refractivity contribution is -0.288. The predicted molar refractivity (Wildman–Crippen MR) is 157 cm³/mol. The maximum atomic E-state index is 12.8. The van der Waals surface area contributed by atoms with Crippen LogP contribution in [0.3, 0.4) is 0 Å². The molecule has 5 unspecified atom stereocenters. The highest BCUT2D eigenvalue weighted by Gasteiger charge is 2.53. The van der Waals surface area contributed by atoms with Gasteiger partial charge >= 0.3 is 23.9 Å². The normalized spacial score (nSPS) is 20.9. The van der Waals surface area contributed by atoms with Crippen molar-refractivity contribution in [2.75, 3.05) is 13.2 Å². The minimum absolute atomic E-state index is 0.0104. The summed E-state index contributed by atoms with van der Waals surface area (Å²) >= 11 is 6.54. The Kier molecular flexibility index (Phi) is 10.8. The number of hydrogen-bond acceptors (Lipinski definition) is 14. The van der Waals surface area contributed by atoms with E-state index in [2.05, 4.69) is 10.3 Å². The number of fused-ring (bicyclic) bond motifs is 2. The highest BCUT2D eigenvalue weighted by Crippen LogP contribution is 2.37. The minimum Gasteiger partial charge on any atom is -0.463 e. The van der Waals surface area contributed by atoms with Crippen LogP contribution in [0, 0.1) is 0 Å². The fourth-order valence-corrected chi connectivity index (χ4v) is 4.92. The Morgan fingerprint density at radius 3 is 2.20 bits per heavy atom. The molecule has 0 bridgehead atoms. The number of nitrogens with one attached hydrogen (secondary N) is 1. The molecule has 16 heteroatoms. The topological polar surface area (TPSA) is 196 Å². The highest BCUT2D eigenvalue weighted by atomic mass is 35.5. The lowest BCUT2D eigenvalue weighted by Gasteiger charge is -2.43. The first-order valence-corrected chi connectivity index (χ1v) is 14.5. The summed E-state index contributed by atoms with van der Waals surface area (Å²) in [6, 6.07) is 5.32. The van der Waals surface area contributed by atoms with E-state index in [-0.39, 0.29) is 38.9 Å². The van der Waals surface area contributed by atoms with Gasteiger partial charge in [0.1, 0.15) is 35.2 Å². The van der Waals surface area contributed by atoms with Crippen molar-refractivity contribution in [2.24, 2.45) is 0 Å². The molecule has 0 aromatic heterocycles. The zero-order valence-corrected chi connectivity index (χ0v) is 26.2. The summed E-state index contributed by atoms with van der Waals surface area (Å²) in [5.41, 5.74) is -0.304. The van der Waals surface area contributed by atoms with Crippen LogP contribution in [0.25, 0.3) is 22.6 Å². The maximum Gasteiger partial charge on any atom is 0.303 e. The Labute approximate surface area is 266 Å². The molecule has 4 rings (SSSR count). The van der Waals surface area contributed by atoms with Crippen LogP contribution in [0.4, 0.5) is 0 Å². The first kappa shape index (κ1) is 34.1. The van der Waals surface area contributed by atoms with E-state index < -0.39 is 72.5 Å². The van der Waals surface area contributed by atoms with Gasteiger partial charge in [0.05, 0.1) is 5.02 Å². The van der Waals surface area contributed by atoms with Gasteiger partial charge in [-0.05, 0) is 24.6 Å². The largest absolute Gasteiger partial charge is 0.463 e. The number of carbonyl (C=O) groups excluding carboxylic acids is 5. The maximum absolute atomic E-state index is 12.8. The fraction of sp³-hybridized carbons (Fsp3) is 0.433. The number of carbonyl (C=O) groups is 5. The van der Waals surface area contributed by atoms with Crippen molar-refractivity contribution >= 4 is 52.5 Å². The summed E-state index contributed by atoms with van der Waals surface area (Å²) in [4.78, 5) is 77.8. The number of aromatic nitrogens is 1. The number of nitrogens with zero attached hydrogens (tertiary/aromatic N) is 1. The molecule has 0 radical (unpaired) electrons. The predicted octanol–water partition coefficient (Wildman–Crippen LogP) is 2.55. The van der Waals surface area contributed by atoms with E-state index in [1.54, 1.807) is 0 Å². The molecule has 1 fully saturated rings. The monoisotopic (exact) mass is 662 g/mol. The van der Waals surface area contributed by atoms with Crippen molar-refractivity contribution < 1.29 is 56.8 Å². The summed E-state index contributed by atoms with van der Waals surface area (Å²) < 4.78 is 39.3. The molecule has 1 aliphatic carbocycles. The molecule has 1 saturated heterocycles. The second kappa shape index (κ2) is 14.6. The Morgan fingerprint density at radius 2 is 1.57 bits per heavy atom. The zero-order chi connectivity index (χ0) is 33.7. The van der Waals surface area contributed by atoms with Gasteiger partial charge in [0.25, 0.3) is 5.91 Å². The summed E-state index contributed by atoms with van der Waals surface area (Å²) in [7, 11) is 0. The van der Waals surface area contributed by atoms with Gasteiger partial charge in [-0.3, -0.25) is 28.8 Å². The molecule has 0 spiro atoms. The van der Waals surface area contributed by atoms with Gasteiger partial charge in [-0.15, -0.1) is 0 Å². The zero-order valence-electron chi connectivity index (χ0n) is 25.4. The van der Waals surface area contributed by atoms with Crippen LogP contribution >= 0.6 is 11.6 Å². The van der Waals surface area contributed by atoms with Gasteiger partial charge in [-0.2, -0.15) is 0 Å². The number of ether oxygens (including phenoxy) is 6. The summed E-state index contributed by atoms with van der Waals surface area (Å²) in [5.74, 6) is -3.92. The van der Waals surface area contributed by atoms with Crippen LogP contribution < -0.4 is 15.5 Å². The van der Waals surface area contributed by atoms with Crippen LogP contribution in [0.1, 0.15) is 51.4 Å². The second-order valence-electron chi connectivity index (χ2n) is 10.2. The molecule has 1 N–H and O–H groups in total. The molecule has 246 valence electrons. The third-order valence-corrected chi connectivity index (χ3v) is 6.81. The molecule has 46 heavy (non-hydrogen) atoms. The molecule has 1 aromatic carbocycles. The molecular weight excluding hydrogens is 632 g/mol. The minimum atomic E-state index is -1.58. The lowest BCUT2D eigenvalue weighted by Crippen LogP contribution is -2.63. The van der Waals surface area contributed by atoms with Crippen LogP contribution in [-0.2, 0) is 42.9 Å². The first-order valence-electron chi connectivity index (χ1n) is 14.1. The highest BCUT2D eigenvalue weighted by molar-refractivity contribution is 6.32. The van der Waals surface area contributed by atoms with Gasteiger partial charge in [0.2, 0.25) is 12.4 Å². The molecule has 2 aliphatic heterocycles. The van der Waals surface area contributed by atoms with Crippen molar-refractivity contribution in [2.45, 2.75) is 71.7 Å². The smallest absolute Gasteiger partial charge is 0.303 e. The van der Waals surface area contributed by atoms with Crippen LogP contribution in [0.2, 0.25) is 5.02 Å². The van der Waals surface area contributed by atoms with E-state index in [0.717, 1.165) is 27.7 Å². The van der Waals surface area contributed by atoms with Crippen LogP contribution in [0.5, 0.6) is 5.75 Å². The van der Waals surface area contributed by atoms with Crippen molar-refractivity contribution in [1.82, 2.24) is 10.3 Å².